The Bertz CT molecular complexity index is 785. The number of guanidine groups is 1. The van der Waals surface area contributed by atoms with E-state index in [2.05, 4.69) is 20.6 Å². The van der Waals surface area contributed by atoms with Gasteiger partial charge in [-0.15, -0.1) is 24.0 Å². The number of aliphatic imine (C=N–C) groups is 1. The van der Waals surface area contributed by atoms with Gasteiger partial charge in [-0.3, -0.25) is 14.8 Å². The normalized spacial score (nSPS) is 13.2. The molecule has 0 aliphatic carbocycles. The maximum absolute atomic E-state index is 12.2. The molecule has 1 aromatic carbocycles. The van der Waals surface area contributed by atoms with Crippen molar-refractivity contribution in [3.8, 4) is 5.75 Å². The van der Waals surface area contributed by atoms with Crippen LogP contribution in [-0.2, 0) is 11.2 Å². The van der Waals surface area contributed by atoms with Gasteiger partial charge in [-0.2, -0.15) is 0 Å². The lowest BCUT2D eigenvalue weighted by Gasteiger charge is -2.29. The van der Waals surface area contributed by atoms with E-state index in [4.69, 9.17) is 4.74 Å². The SMILES string of the molecule is CN=C(NCCCN1C(=O)COc2ccccc21)NCCc1ccccn1.I. The second-order valence-electron chi connectivity index (χ2n) is 6.15. The standard InChI is InChI=1S/C20H25N5O2.HI/c1-21-20(24-13-10-16-7-4-5-11-22-16)23-12-6-14-25-17-8-2-3-9-18(17)27-15-19(25)26;/h2-5,7-9,11H,6,10,12-15H2,1H3,(H2,21,23,24);1H. The first-order chi connectivity index (χ1) is 13.3. The van der Waals surface area contributed by atoms with Crippen molar-refractivity contribution in [1.82, 2.24) is 15.6 Å². The number of amides is 1. The first-order valence-electron chi connectivity index (χ1n) is 9.14. The van der Waals surface area contributed by atoms with Crippen LogP contribution in [0.1, 0.15) is 12.1 Å². The van der Waals surface area contributed by atoms with Crippen molar-refractivity contribution in [1.29, 1.82) is 0 Å². The number of carbonyl (C=O) groups excluding carboxylic acids is 1. The number of anilines is 1. The average molecular weight is 495 g/mol. The third kappa shape index (κ3) is 6.08. The number of fused-ring (bicyclic) bond motifs is 1. The van der Waals surface area contributed by atoms with Gasteiger partial charge in [-0.1, -0.05) is 18.2 Å². The van der Waals surface area contributed by atoms with Gasteiger partial charge in [0.1, 0.15) is 5.75 Å². The van der Waals surface area contributed by atoms with Gasteiger partial charge in [0.25, 0.3) is 5.91 Å². The molecule has 2 heterocycles. The molecule has 0 radical (unpaired) electrons. The Labute approximate surface area is 182 Å². The highest BCUT2D eigenvalue weighted by molar-refractivity contribution is 14.0. The largest absolute Gasteiger partial charge is 0.482 e. The van der Waals surface area contributed by atoms with E-state index in [1.165, 1.54) is 0 Å². The zero-order valence-electron chi connectivity index (χ0n) is 15.9. The molecule has 0 fully saturated rings. The van der Waals surface area contributed by atoms with Gasteiger partial charge in [0.05, 0.1) is 5.69 Å². The lowest BCUT2D eigenvalue weighted by Crippen LogP contribution is -2.42. The van der Waals surface area contributed by atoms with Gasteiger partial charge in [-0.25, -0.2) is 0 Å². The fourth-order valence-electron chi connectivity index (χ4n) is 2.92. The van der Waals surface area contributed by atoms with Gasteiger partial charge in [0.2, 0.25) is 0 Å². The lowest BCUT2D eigenvalue weighted by molar-refractivity contribution is -0.121. The van der Waals surface area contributed by atoms with Crippen LogP contribution in [0.3, 0.4) is 0 Å². The Hall–Kier alpha value is -2.36. The van der Waals surface area contributed by atoms with Crippen LogP contribution in [0.4, 0.5) is 5.69 Å². The zero-order valence-corrected chi connectivity index (χ0v) is 18.3. The second-order valence-corrected chi connectivity index (χ2v) is 6.15. The highest BCUT2D eigenvalue weighted by Gasteiger charge is 2.24. The van der Waals surface area contributed by atoms with Crippen LogP contribution in [0.25, 0.3) is 0 Å². The van der Waals surface area contributed by atoms with Crippen molar-refractivity contribution in [3.05, 3.63) is 54.4 Å². The van der Waals surface area contributed by atoms with Crippen LogP contribution in [0.15, 0.2) is 53.7 Å². The Balaban J connectivity index is 0.00000280. The number of nitrogens with one attached hydrogen (secondary N) is 2. The maximum Gasteiger partial charge on any atom is 0.265 e. The number of carbonyl (C=O) groups is 1. The van der Waals surface area contributed by atoms with Crippen LogP contribution in [0, 0.1) is 0 Å². The number of ether oxygens (including phenoxy) is 1. The highest BCUT2D eigenvalue weighted by atomic mass is 127. The molecule has 2 aromatic rings. The Morgan fingerprint density at radius 2 is 1.96 bits per heavy atom. The van der Waals surface area contributed by atoms with Crippen molar-refractivity contribution in [2.75, 3.05) is 38.2 Å². The number of pyridine rings is 1. The predicted octanol–water partition coefficient (Wildman–Crippen LogP) is 2.22. The van der Waals surface area contributed by atoms with Gasteiger partial charge in [0, 0.05) is 45.0 Å². The number of rotatable bonds is 7. The van der Waals surface area contributed by atoms with Crippen molar-refractivity contribution in [2.24, 2.45) is 4.99 Å². The number of hydrogen-bond acceptors (Lipinski definition) is 4. The van der Waals surface area contributed by atoms with E-state index in [-0.39, 0.29) is 36.5 Å². The molecular formula is C20H26IN5O2. The van der Waals surface area contributed by atoms with E-state index in [1.54, 1.807) is 18.1 Å². The summed E-state index contributed by atoms with van der Waals surface area (Å²) in [6.07, 6.45) is 3.44. The minimum atomic E-state index is -0.00781. The van der Waals surface area contributed by atoms with Gasteiger partial charge in [0.15, 0.2) is 12.6 Å². The summed E-state index contributed by atoms with van der Waals surface area (Å²) < 4.78 is 5.47. The first kappa shape index (κ1) is 21.9. The zero-order chi connectivity index (χ0) is 18.9. The molecule has 1 aliphatic heterocycles. The summed E-state index contributed by atoms with van der Waals surface area (Å²) in [5, 5.41) is 6.56. The minimum Gasteiger partial charge on any atom is -0.482 e. The molecule has 0 bridgehead atoms. The van der Waals surface area contributed by atoms with E-state index < -0.39 is 0 Å². The molecule has 8 heteroatoms. The average Bonchev–Trinajstić information content (AvgIpc) is 2.72. The van der Waals surface area contributed by atoms with Crippen molar-refractivity contribution >= 4 is 41.5 Å². The van der Waals surface area contributed by atoms with Crippen molar-refractivity contribution in [2.45, 2.75) is 12.8 Å². The summed E-state index contributed by atoms with van der Waals surface area (Å²) in [5.74, 6) is 1.50. The number of halogens is 1. The second kappa shape index (κ2) is 11.5. The number of aromatic nitrogens is 1. The summed E-state index contributed by atoms with van der Waals surface area (Å²) >= 11 is 0. The van der Waals surface area contributed by atoms with Crippen LogP contribution in [0.2, 0.25) is 0 Å². The van der Waals surface area contributed by atoms with Crippen molar-refractivity contribution in [3.63, 3.8) is 0 Å². The van der Waals surface area contributed by atoms with E-state index in [0.29, 0.717) is 6.54 Å². The summed E-state index contributed by atoms with van der Waals surface area (Å²) in [5.41, 5.74) is 1.89. The third-order valence-corrected chi connectivity index (χ3v) is 4.28. The molecule has 0 saturated heterocycles. The monoisotopic (exact) mass is 495 g/mol. The molecule has 2 N–H and O–H groups in total. The van der Waals surface area contributed by atoms with E-state index in [9.17, 15) is 4.79 Å². The number of para-hydroxylation sites is 2. The summed E-state index contributed by atoms with van der Waals surface area (Å²) in [4.78, 5) is 22.5. The fraction of sp³-hybridized carbons (Fsp3) is 0.350. The molecule has 7 nitrogen and oxygen atoms in total. The van der Waals surface area contributed by atoms with E-state index in [0.717, 1.165) is 49.0 Å². The van der Waals surface area contributed by atoms with Crippen LogP contribution in [0.5, 0.6) is 5.75 Å². The minimum absolute atomic E-state index is 0. The Kier molecular flexibility index (Phi) is 8.99. The van der Waals surface area contributed by atoms with Crippen LogP contribution >= 0.6 is 24.0 Å². The molecule has 0 atom stereocenters. The molecular weight excluding hydrogens is 469 g/mol. The maximum atomic E-state index is 12.2. The van der Waals surface area contributed by atoms with E-state index in [1.807, 2.05) is 42.5 Å². The Morgan fingerprint density at radius 3 is 2.75 bits per heavy atom. The topological polar surface area (TPSA) is 78.9 Å². The quantitative estimate of drug-likeness (QED) is 0.267. The molecule has 28 heavy (non-hydrogen) atoms. The molecule has 0 unspecified atom stereocenters. The summed E-state index contributed by atoms with van der Waals surface area (Å²) in [6, 6.07) is 13.5. The highest BCUT2D eigenvalue weighted by Crippen LogP contribution is 2.31. The van der Waals surface area contributed by atoms with Crippen molar-refractivity contribution < 1.29 is 9.53 Å². The smallest absolute Gasteiger partial charge is 0.265 e. The van der Waals surface area contributed by atoms with Gasteiger partial charge in [-0.05, 0) is 30.7 Å². The van der Waals surface area contributed by atoms with Gasteiger partial charge < -0.3 is 20.3 Å². The Morgan fingerprint density at radius 1 is 1.18 bits per heavy atom. The fourth-order valence-corrected chi connectivity index (χ4v) is 2.92. The molecule has 1 aliphatic rings. The van der Waals surface area contributed by atoms with E-state index >= 15 is 0 Å². The molecule has 0 spiro atoms. The summed E-state index contributed by atoms with van der Waals surface area (Å²) in [7, 11) is 1.75. The molecule has 1 amide bonds. The van der Waals surface area contributed by atoms with Crippen LogP contribution in [-0.4, -0.2) is 50.1 Å². The lowest BCUT2D eigenvalue weighted by atomic mass is 10.2. The molecule has 150 valence electrons. The molecule has 0 saturated carbocycles. The third-order valence-electron chi connectivity index (χ3n) is 4.28. The van der Waals surface area contributed by atoms with Crippen LogP contribution < -0.4 is 20.3 Å². The predicted molar refractivity (Wildman–Crippen MR) is 122 cm³/mol. The first-order valence-corrected chi connectivity index (χ1v) is 9.14. The number of hydrogen-bond donors (Lipinski definition) is 2. The summed E-state index contributed by atoms with van der Waals surface area (Å²) in [6.45, 7) is 2.21. The molecule has 1 aromatic heterocycles. The number of benzene rings is 1. The van der Waals surface area contributed by atoms with Gasteiger partial charge >= 0.3 is 0 Å². The number of nitrogens with zero attached hydrogens (tertiary/aromatic N) is 3. The molecule has 3 rings (SSSR count).